The Labute approximate surface area is 242 Å². The van der Waals surface area contributed by atoms with Gasteiger partial charge in [0.05, 0.1) is 18.2 Å². The Morgan fingerprint density at radius 2 is 1.93 bits per heavy atom. The Morgan fingerprint density at radius 3 is 2.62 bits per heavy atom. The van der Waals surface area contributed by atoms with E-state index >= 15 is 0 Å². The van der Waals surface area contributed by atoms with Crippen molar-refractivity contribution in [2.75, 3.05) is 25.5 Å². The highest BCUT2D eigenvalue weighted by Crippen LogP contribution is 2.38. The molecule has 2 N–H and O–H groups in total. The van der Waals surface area contributed by atoms with Crippen LogP contribution in [-0.4, -0.2) is 57.2 Å². The lowest BCUT2D eigenvalue weighted by molar-refractivity contribution is -0.127. The molecule has 1 aliphatic rings. The van der Waals surface area contributed by atoms with Crippen LogP contribution in [0.3, 0.4) is 0 Å². The highest BCUT2D eigenvalue weighted by Gasteiger charge is 2.25. The van der Waals surface area contributed by atoms with E-state index in [1.165, 1.54) is 24.5 Å². The number of halogens is 1. The Hall–Kier alpha value is -4.77. The van der Waals surface area contributed by atoms with Gasteiger partial charge in [-0.2, -0.15) is 9.37 Å². The third-order valence-electron chi connectivity index (χ3n) is 6.96. The van der Waals surface area contributed by atoms with E-state index in [-0.39, 0.29) is 17.9 Å². The van der Waals surface area contributed by atoms with E-state index in [0.717, 1.165) is 0 Å². The standard InChI is InChI=1S/C31H32FN5O5/c1-5-29(38)37-13-11-19(12-14-37)41-26-16-21-24(17-25(26)40-4)33-18-34-30(21)35-23-10-9-20(15-22(23)31(2,3)39)42-28-8-6-7-27(32)36-28/h5-10,15-19,39H,1,11-14H2,2-4H3,(H,33,34,35). The van der Waals surface area contributed by atoms with Crippen LogP contribution in [0.15, 0.2) is 67.5 Å². The number of hydrogen-bond acceptors (Lipinski definition) is 9. The first kappa shape index (κ1) is 28.7. The van der Waals surface area contributed by atoms with Crippen LogP contribution in [0, 0.1) is 5.95 Å². The number of ether oxygens (including phenoxy) is 3. The Morgan fingerprint density at radius 1 is 1.14 bits per heavy atom. The molecule has 218 valence electrons. The molecule has 0 aliphatic carbocycles. The molecule has 3 heterocycles. The lowest BCUT2D eigenvalue weighted by atomic mass is 9.96. The molecule has 10 nitrogen and oxygen atoms in total. The second kappa shape index (κ2) is 12.0. The van der Waals surface area contributed by atoms with Gasteiger partial charge in [0.15, 0.2) is 11.5 Å². The topological polar surface area (TPSA) is 119 Å². The number of rotatable bonds is 9. The van der Waals surface area contributed by atoms with Gasteiger partial charge in [-0.3, -0.25) is 4.79 Å². The van der Waals surface area contributed by atoms with Crippen molar-refractivity contribution < 1.29 is 28.5 Å². The van der Waals surface area contributed by atoms with Crippen LogP contribution < -0.4 is 19.5 Å². The number of fused-ring (bicyclic) bond motifs is 1. The summed E-state index contributed by atoms with van der Waals surface area (Å²) in [6.07, 6.45) is 4.01. The molecule has 0 bridgehead atoms. The molecule has 1 saturated heterocycles. The zero-order chi connectivity index (χ0) is 29.9. The maximum Gasteiger partial charge on any atom is 0.245 e. The molecule has 2 aromatic heterocycles. The SMILES string of the molecule is C=CC(=O)N1CCC(Oc2cc3c(Nc4ccc(Oc5cccc(F)n5)cc4C(C)(C)O)ncnc3cc2OC)CC1. The van der Waals surface area contributed by atoms with Crippen molar-refractivity contribution in [2.45, 2.75) is 38.4 Å². The lowest BCUT2D eigenvalue weighted by Gasteiger charge is -2.31. The number of carbonyl (C=O) groups is 1. The molecule has 0 saturated carbocycles. The molecule has 5 rings (SSSR count). The number of anilines is 2. The predicted octanol–water partition coefficient (Wildman–Crippen LogP) is 5.49. The molecule has 0 radical (unpaired) electrons. The number of piperidine rings is 1. The number of pyridine rings is 1. The van der Waals surface area contributed by atoms with Crippen molar-refractivity contribution in [1.82, 2.24) is 19.9 Å². The molecule has 1 fully saturated rings. The van der Waals surface area contributed by atoms with Crippen molar-refractivity contribution in [3.63, 3.8) is 0 Å². The first-order valence-electron chi connectivity index (χ1n) is 13.5. The van der Waals surface area contributed by atoms with Gasteiger partial charge >= 0.3 is 0 Å². The molecule has 2 aromatic carbocycles. The summed E-state index contributed by atoms with van der Waals surface area (Å²) in [6, 6.07) is 13.0. The number of likely N-dealkylation sites (tertiary alicyclic amines) is 1. The molecular formula is C31H32FN5O5. The zero-order valence-corrected chi connectivity index (χ0v) is 23.6. The maximum absolute atomic E-state index is 13.6. The summed E-state index contributed by atoms with van der Waals surface area (Å²) in [5.74, 6) is 1.29. The van der Waals surface area contributed by atoms with E-state index in [0.29, 0.717) is 71.2 Å². The minimum atomic E-state index is -1.26. The highest BCUT2D eigenvalue weighted by molar-refractivity contribution is 5.93. The number of benzene rings is 2. The molecule has 1 amide bonds. The summed E-state index contributed by atoms with van der Waals surface area (Å²) < 4.78 is 31.2. The summed E-state index contributed by atoms with van der Waals surface area (Å²) in [6.45, 7) is 8.03. The Balaban J connectivity index is 1.44. The van der Waals surface area contributed by atoms with Crippen molar-refractivity contribution in [3.8, 4) is 23.1 Å². The molecule has 42 heavy (non-hydrogen) atoms. The number of amides is 1. The number of aliphatic hydroxyl groups is 1. The summed E-state index contributed by atoms with van der Waals surface area (Å²) in [7, 11) is 1.57. The fourth-order valence-corrected chi connectivity index (χ4v) is 4.81. The van der Waals surface area contributed by atoms with E-state index in [4.69, 9.17) is 14.2 Å². The van der Waals surface area contributed by atoms with Gasteiger partial charge in [-0.05, 0) is 50.3 Å². The molecule has 4 aromatic rings. The molecular weight excluding hydrogens is 541 g/mol. The van der Waals surface area contributed by atoms with Gasteiger partial charge in [0, 0.05) is 54.7 Å². The molecule has 0 unspecified atom stereocenters. The van der Waals surface area contributed by atoms with E-state index in [1.54, 1.807) is 56.2 Å². The van der Waals surface area contributed by atoms with Crippen LogP contribution in [0.25, 0.3) is 10.9 Å². The normalized spacial score (nSPS) is 14.0. The molecule has 0 atom stereocenters. The van der Waals surface area contributed by atoms with Crippen LogP contribution in [0.5, 0.6) is 23.1 Å². The highest BCUT2D eigenvalue weighted by atomic mass is 19.1. The average molecular weight is 574 g/mol. The summed E-state index contributed by atoms with van der Waals surface area (Å²) in [5, 5.41) is 15.0. The van der Waals surface area contributed by atoms with Crippen LogP contribution in [0.2, 0.25) is 0 Å². The van der Waals surface area contributed by atoms with Gasteiger partial charge < -0.3 is 29.5 Å². The largest absolute Gasteiger partial charge is 0.493 e. The van der Waals surface area contributed by atoms with Crippen LogP contribution in [0.4, 0.5) is 15.9 Å². The smallest absolute Gasteiger partial charge is 0.245 e. The first-order valence-corrected chi connectivity index (χ1v) is 13.5. The number of carbonyl (C=O) groups excluding carboxylic acids is 1. The van der Waals surface area contributed by atoms with E-state index in [1.807, 2.05) is 6.07 Å². The number of aromatic nitrogens is 3. The van der Waals surface area contributed by atoms with E-state index in [9.17, 15) is 14.3 Å². The fraction of sp³-hybridized carbons (Fsp3) is 0.290. The summed E-state index contributed by atoms with van der Waals surface area (Å²) in [5.41, 5.74) is 0.470. The molecule has 11 heteroatoms. The van der Waals surface area contributed by atoms with Crippen LogP contribution in [0.1, 0.15) is 32.3 Å². The number of hydrogen-bond donors (Lipinski definition) is 2. The average Bonchev–Trinajstić information content (AvgIpc) is 2.97. The van der Waals surface area contributed by atoms with Crippen molar-refractivity contribution >= 4 is 28.3 Å². The minimum absolute atomic E-state index is 0.0831. The maximum atomic E-state index is 13.6. The minimum Gasteiger partial charge on any atom is -0.493 e. The predicted molar refractivity (Wildman–Crippen MR) is 156 cm³/mol. The van der Waals surface area contributed by atoms with Gasteiger partial charge in [0.2, 0.25) is 17.7 Å². The van der Waals surface area contributed by atoms with E-state index in [2.05, 4.69) is 26.8 Å². The van der Waals surface area contributed by atoms with Crippen molar-refractivity contribution in [1.29, 1.82) is 0 Å². The molecule has 1 aliphatic heterocycles. The Bertz CT molecular complexity index is 1620. The summed E-state index contributed by atoms with van der Waals surface area (Å²) in [4.78, 5) is 26.3. The van der Waals surface area contributed by atoms with Gasteiger partial charge in [0.25, 0.3) is 0 Å². The van der Waals surface area contributed by atoms with Gasteiger partial charge in [-0.15, -0.1) is 0 Å². The van der Waals surface area contributed by atoms with Gasteiger partial charge in [-0.25, -0.2) is 9.97 Å². The summed E-state index contributed by atoms with van der Waals surface area (Å²) >= 11 is 0. The van der Waals surface area contributed by atoms with E-state index < -0.39 is 11.5 Å². The zero-order valence-electron chi connectivity index (χ0n) is 23.6. The van der Waals surface area contributed by atoms with Crippen LogP contribution in [-0.2, 0) is 10.4 Å². The van der Waals surface area contributed by atoms with Crippen molar-refractivity contribution in [3.05, 3.63) is 79.0 Å². The number of nitrogens with one attached hydrogen (secondary N) is 1. The second-order valence-electron chi connectivity index (χ2n) is 10.4. The van der Waals surface area contributed by atoms with Crippen LogP contribution >= 0.6 is 0 Å². The number of methoxy groups -OCH3 is 1. The monoisotopic (exact) mass is 573 g/mol. The quantitative estimate of drug-likeness (QED) is 0.198. The van der Waals surface area contributed by atoms with Gasteiger partial charge in [-0.1, -0.05) is 12.6 Å². The Kier molecular flexibility index (Phi) is 8.21. The first-order chi connectivity index (χ1) is 20.1. The van der Waals surface area contributed by atoms with Crippen molar-refractivity contribution in [2.24, 2.45) is 0 Å². The lowest BCUT2D eigenvalue weighted by Crippen LogP contribution is -2.41. The molecule has 0 spiro atoms. The fourth-order valence-electron chi connectivity index (χ4n) is 4.81. The van der Waals surface area contributed by atoms with Gasteiger partial charge in [0.1, 0.15) is 24.0 Å². The second-order valence-corrected chi connectivity index (χ2v) is 10.4. The number of nitrogens with zero attached hydrogens (tertiary/aromatic N) is 4. The third-order valence-corrected chi connectivity index (χ3v) is 6.96. The third kappa shape index (κ3) is 6.41.